The van der Waals surface area contributed by atoms with Gasteiger partial charge in [0.15, 0.2) is 0 Å². The zero-order chi connectivity index (χ0) is 14.8. The first-order valence-electron chi connectivity index (χ1n) is 6.99. The molecule has 1 aromatic carbocycles. The van der Waals surface area contributed by atoms with Crippen molar-refractivity contribution in [1.82, 2.24) is 10.6 Å². The molecular weight excluding hydrogens is 276 g/mol. The smallest absolute Gasteiger partial charge is 0.220 e. The standard InChI is InChI=1S/C15H23ClN2O2/c1-3-12(11-18-15(19)9-6-10-17-2)20-14-8-5-4-7-13(14)16/h4-5,7-8,12,17H,3,6,9-11H2,1-2H3,(H,18,19). The number of halogens is 1. The average Bonchev–Trinajstić information content (AvgIpc) is 2.45. The molecule has 1 rings (SSSR count). The fourth-order valence-corrected chi connectivity index (χ4v) is 1.91. The Morgan fingerprint density at radius 2 is 2.15 bits per heavy atom. The molecule has 1 atom stereocenters. The Bertz CT molecular complexity index is 413. The van der Waals surface area contributed by atoms with Gasteiger partial charge in [-0.1, -0.05) is 30.7 Å². The van der Waals surface area contributed by atoms with Gasteiger partial charge in [0, 0.05) is 6.42 Å². The molecule has 0 saturated carbocycles. The van der Waals surface area contributed by atoms with Crippen LogP contribution in [0.15, 0.2) is 24.3 Å². The number of carbonyl (C=O) groups excluding carboxylic acids is 1. The highest BCUT2D eigenvalue weighted by Gasteiger charge is 2.11. The van der Waals surface area contributed by atoms with Gasteiger partial charge in [-0.05, 0) is 38.6 Å². The lowest BCUT2D eigenvalue weighted by atomic mass is 10.2. The van der Waals surface area contributed by atoms with E-state index >= 15 is 0 Å². The lowest BCUT2D eigenvalue weighted by Crippen LogP contribution is -2.35. The van der Waals surface area contributed by atoms with Crippen LogP contribution in [0.25, 0.3) is 0 Å². The Balaban J connectivity index is 2.36. The Labute approximate surface area is 125 Å². The number of amides is 1. The quantitative estimate of drug-likeness (QED) is 0.689. The average molecular weight is 299 g/mol. The normalized spacial score (nSPS) is 11.9. The largest absolute Gasteiger partial charge is 0.487 e. The third kappa shape index (κ3) is 6.26. The summed E-state index contributed by atoms with van der Waals surface area (Å²) in [5, 5.41) is 6.51. The van der Waals surface area contributed by atoms with Crippen LogP contribution >= 0.6 is 11.6 Å². The van der Waals surface area contributed by atoms with Crippen molar-refractivity contribution in [2.24, 2.45) is 0 Å². The fourth-order valence-electron chi connectivity index (χ4n) is 1.73. The van der Waals surface area contributed by atoms with Crippen molar-refractivity contribution >= 4 is 17.5 Å². The van der Waals surface area contributed by atoms with Crippen LogP contribution in [0, 0.1) is 0 Å². The summed E-state index contributed by atoms with van der Waals surface area (Å²) in [7, 11) is 1.88. The first-order chi connectivity index (χ1) is 9.67. The summed E-state index contributed by atoms with van der Waals surface area (Å²) in [6.07, 6.45) is 2.11. The second kappa shape index (κ2) is 9.61. The molecule has 0 fully saturated rings. The maximum atomic E-state index is 11.6. The first kappa shape index (κ1) is 16.8. The lowest BCUT2D eigenvalue weighted by Gasteiger charge is -2.19. The molecule has 0 bridgehead atoms. The van der Waals surface area contributed by atoms with Crippen LogP contribution in [0.2, 0.25) is 5.02 Å². The second-order valence-corrected chi connectivity index (χ2v) is 5.00. The summed E-state index contributed by atoms with van der Waals surface area (Å²) >= 11 is 6.05. The van der Waals surface area contributed by atoms with Crippen LogP contribution < -0.4 is 15.4 Å². The summed E-state index contributed by atoms with van der Waals surface area (Å²) < 4.78 is 5.81. The van der Waals surface area contributed by atoms with Crippen molar-refractivity contribution in [3.8, 4) is 5.75 Å². The molecule has 20 heavy (non-hydrogen) atoms. The molecular formula is C15H23ClN2O2. The molecule has 0 spiro atoms. The Hall–Kier alpha value is -1.26. The van der Waals surface area contributed by atoms with Gasteiger partial charge >= 0.3 is 0 Å². The molecule has 0 radical (unpaired) electrons. The molecule has 0 aliphatic rings. The van der Waals surface area contributed by atoms with E-state index in [0.717, 1.165) is 19.4 Å². The lowest BCUT2D eigenvalue weighted by molar-refractivity contribution is -0.121. The van der Waals surface area contributed by atoms with Crippen molar-refractivity contribution in [3.63, 3.8) is 0 Å². The van der Waals surface area contributed by atoms with Gasteiger partial charge in [0.25, 0.3) is 0 Å². The van der Waals surface area contributed by atoms with E-state index in [-0.39, 0.29) is 12.0 Å². The third-order valence-corrected chi connectivity index (χ3v) is 3.26. The number of rotatable bonds is 9. The number of para-hydroxylation sites is 1. The van der Waals surface area contributed by atoms with Crippen LogP contribution in [0.3, 0.4) is 0 Å². The Morgan fingerprint density at radius 1 is 1.40 bits per heavy atom. The highest BCUT2D eigenvalue weighted by Crippen LogP contribution is 2.24. The molecule has 112 valence electrons. The predicted molar refractivity (Wildman–Crippen MR) is 82.3 cm³/mol. The maximum absolute atomic E-state index is 11.6. The third-order valence-electron chi connectivity index (χ3n) is 2.94. The van der Waals surface area contributed by atoms with Crippen molar-refractivity contribution in [1.29, 1.82) is 0 Å². The molecule has 1 amide bonds. The topological polar surface area (TPSA) is 50.4 Å². The number of hydrogen-bond donors (Lipinski definition) is 2. The summed E-state index contributed by atoms with van der Waals surface area (Å²) in [6.45, 7) is 3.37. The molecule has 1 unspecified atom stereocenters. The molecule has 0 aromatic heterocycles. The molecule has 0 saturated heterocycles. The van der Waals surface area contributed by atoms with Gasteiger partial charge in [-0.3, -0.25) is 4.79 Å². The van der Waals surface area contributed by atoms with E-state index in [2.05, 4.69) is 10.6 Å². The van der Waals surface area contributed by atoms with E-state index < -0.39 is 0 Å². The molecule has 2 N–H and O–H groups in total. The van der Waals surface area contributed by atoms with E-state index in [1.165, 1.54) is 0 Å². The van der Waals surface area contributed by atoms with Crippen molar-refractivity contribution in [3.05, 3.63) is 29.3 Å². The van der Waals surface area contributed by atoms with Crippen molar-refractivity contribution in [2.45, 2.75) is 32.3 Å². The van der Waals surface area contributed by atoms with Gasteiger partial charge in [0.2, 0.25) is 5.91 Å². The van der Waals surface area contributed by atoms with Crippen molar-refractivity contribution < 1.29 is 9.53 Å². The number of benzene rings is 1. The molecule has 0 aliphatic heterocycles. The number of carbonyl (C=O) groups is 1. The Kier molecular flexibility index (Phi) is 8.07. The molecule has 5 heteroatoms. The van der Waals surface area contributed by atoms with Crippen LogP contribution in [0.5, 0.6) is 5.75 Å². The highest BCUT2D eigenvalue weighted by atomic mass is 35.5. The maximum Gasteiger partial charge on any atom is 0.220 e. The van der Waals surface area contributed by atoms with Gasteiger partial charge < -0.3 is 15.4 Å². The van der Waals surface area contributed by atoms with Crippen LogP contribution in [-0.2, 0) is 4.79 Å². The minimum Gasteiger partial charge on any atom is -0.487 e. The van der Waals surface area contributed by atoms with Gasteiger partial charge in [0.05, 0.1) is 11.6 Å². The second-order valence-electron chi connectivity index (χ2n) is 4.59. The van der Waals surface area contributed by atoms with E-state index in [4.69, 9.17) is 16.3 Å². The van der Waals surface area contributed by atoms with Crippen LogP contribution in [-0.4, -0.2) is 32.1 Å². The highest BCUT2D eigenvalue weighted by molar-refractivity contribution is 6.32. The number of nitrogens with one attached hydrogen (secondary N) is 2. The number of hydrogen-bond acceptors (Lipinski definition) is 3. The number of ether oxygens (including phenoxy) is 1. The van der Waals surface area contributed by atoms with Crippen molar-refractivity contribution in [2.75, 3.05) is 20.1 Å². The molecule has 0 aliphatic carbocycles. The zero-order valence-corrected chi connectivity index (χ0v) is 12.9. The molecule has 4 nitrogen and oxygen atoms in total. The van der Waals surface area contributed by atoms with Gasteiger partial charge in [0.1, 0.15) is 11.9 Å². The molecule has 1 aromatic rings. The summed E-state index contributed by atoms with van der Waals surface area (Å²) in [4.78, 5) is 11.6. The minimum absolute atomic E-state index is 0.0569. The summed E-state index contributed by atoms with van der Waals surface area (Å²) in [5.41, 5.74) is 0. The monoisotopic (exact) mass is 298 g/mol. The SMILES string of the molecule is CCC(CNC(=O)CCCNC)Oc1ccccc1Cl. The summed E-state index contributed by atoms with van der Waals surface area (Å²) in [6, 6.07) is 7.36. The van der Waals surface area contributed by atoms with Gasteiger partial charge in [-0.2, -0.15) is 0 Å². The zero-order valence-electron chi connectivity index (χ0n) is 12.1. The van der Waals surface area contributed by atoms with Gasteiger partial charge in [-0.25, -0.2) is 0 Å². The van der Waals surface area contributed by atoms with E-state index in [9.17, 15) is 4.79 Å². The fraction of sp³-hybridized carbons (Fsp3) is 0.533. The van der Waals surface area contributed by atoms with E-state index in [0.29, 0.717) is 23.7 Å². The summed E-state index contributed by atoms with van der Waals surface area (Å²) in [5.74, 6) is 0.715. The molecule has 0 heterocycles. The van der Waals surface area contributed by atoms with Crippen LogP contribution in [0.4, 0.5) is 0 Å². The van der Waals surface area contributed by atoms with Crippen LogP contribution in [0.1, 0.15) is 26.2 Å². The first-order valence-corrected chi connectivity index (χ1v) is 7.37. The van der Waals surface area contributed by atoms with Gasteiger partial charge in [-0.15, -0.1) is 0 Å². The minimum atomic E-state index is -0.0665. The van der Waals surface area contributed by atoms with E-state index in [1.807, 2.05) is 32.2 Å². The van der Waals surface area contributed by atoms with E-state index in [1.54, 1.807) is 6.07 Å². The predicted octanol–water partition coefficient (Wildman–Crippen LogP) is 2.61. The Morgan fingerprint density at radius 3 is 2.80 bits per heavy atom.